The summed E-state index contributed by atoms with van der Waals surface area (Å²) in [5, 5.41) is 7.63. The van der Waals surface area contributed by atoms with Crippen molar-refractivity contribution in [2.24, 2.45) is 5.10 Å². The van der Waals surface area contributed by atoms with E-state index in [0.717, 1.165) is 36.6 Å². The van der Waals surface area contributed by atoms with Gasteiger partial charge in [0.1, 0.15) is 16.7 Å². The monoisotopic (exact) mass is 718 g/mol. The summed E-state index contributed by atoms with van der Waals surface area (Å²) in [5.41, 5.74) is 0.904. The van der Waals surface area contributed by atoms with E-state index in [9.17, 15) is 14.0 Å². The highest BCUT2D eigenvalue weighted by atomic mass is 79.9. The fraction of sp³-hybridized carbons (Fsp3) is 0.267. The molecule has 1 saturated carbocycles. The molecule has 1 aliphatic rings. The van der Waals surface area contributed by atoms with Crippen molar-refractivity contribution in [1.29, 1.82) is 0 Å². The van der Waals surface area contributed by atoms with Crippen LogP contribution in [0.4, 0.5) is 10.1 Å². The highest BCUT2D eigenvalue weighted by molar-refractivity contribution is 9.10. The molecule has 1 fully saturated rings. The second kappa shape index (κ2) is 13.4. The summed E-state index contributed by atoms with van der Waals surface area (Å²) in [6.07, 6.45) is 6.68. The Bertz CT molecular complexity index is 1740. The number of fused-ring (bicyclic) bond motifs is 1. The maximum atomic E-state index is 13.9. The Kier molecular flexibility index (Phi) is 9.60. The molecule has 0 radical (unpaired) electrons. The molecule has 218 valence electrons. The maximum absolute atomic E-state index is 13.9. The fourth-order valence-electron chi connectivity index (χ4n) is 4.89. The van der Waals surface area contributed by atoms with E-state index in [4.69, 9.17) is 26.1 Å². The van der Waals surface area contributed by atoms with Gasteiger partial charge in [-0.05, 0) is 65.2 Å². The SMILES string of the molecule is COc1cc(C=Nn2c(C3CCCCC3)nc3ccc(Br)cc3c2=O)c(Br)c(Cl)c1OCC(=O)Nc1ccccc1F. The van der Waals surface area contributed by atoms with Gasteiger partial charge in [-0.1, -0.05) is 58.9 Å². The predicted molar refractivity (Wildman–Crippen MR) is 169 cm³/mol. The number of amides is 1. The van der Waals surface area contributed by atoms with Gasteiger partial charge < -0.3 is 14.8 Å². The molecule has 0 spiro atoms. The summed E-state index contributed by atoms with van der Waals surface area (Å²) in [6.45, 7) is -0.442. The molecule has 0 aliphatic heterocycles. The molecule has 1 aromatic heterocycles. The van der Waals surface area contributed by atoms with Crippen molar-refractivity contribution in [3.8, 4) is 11.5 Å². The molecule has 42 heavy (non-hydrogen) atoms. The van der Waals surface area contributed by atoms with Crippen molar-refractivity contribution in [2.45, 2.75) is 38.0 Å². The summed E-state index contributed by atoms with van der Waals surface area (Å²) < 4.78 is 27.6. The lowest BCUT2D eigenvalue weighted by atomic mass is 9.88. The summed E-state index contributed by atoms with van der Waals surface area (Å²) in [7, 11) is 1.43. The Morgan fingerprint density at radius 1 is 1.19 bits per heavy atom. The highest BCUT2D eigenvalue weighted by Crippen LogP contribution is 2.42. The topological polar surface area (TPSA) is 94.8 Å². The Morgan fingerprint density at radius 2 is 1.95 bits per heavy atom. The summed E-state index contributed by atoms with van der Waals surface area (Å²) in [4.78, 5) is 30.9. The number of anilines is 1. The molecule has 1 heterocycles. The van der Waals surface area contributed by atoms with E-state index >= 15 is 0 Å². The number of aromatic nitrogens is 2. The molecule has 1 aliphatic carbocycles. The Morgan fingerprint density at radius 3 is 2.69 bits per heavy atom. The number of halogens is 4. The Hall–Kier alpha value is -3.28. The molecule has 1 N–H and O–H groups in total. The van der Waals surface area contributed by atoms with Gasteiger partial charge in [0.05, 0.1) is 29.9 Å². The Balaban J connectivity index is 1.46. The molecule has 0 bridgehead atoms. The number of carbonyl (C=O) groups is 1. The first kappa shape index (κ1) is 30.2. The fourth-order valence-corrected chi connectivity index (χ4v) is 5.91. The second-order valence-corrected chi connectivity index (χ2v) is 11.9. The van der Waals surface area contributed by atoms with Crippen molar-refractivity contribution < 1.29 is 18.7 Å². The standard InChI is InChI=1S/C30H26Br2ClFN4O4/c1-41-24-13-18(26(32)27(33)28(24)42-16-25(39)36-23-10-6-5-9-21(23)34)15-35-38-29(17-7-3-2-4-8-17)37-22-12-11-19(31)14-20(22)30(38)40/h5-6,9-15,17H,2-4,7-8,16H2,1H3,(H,36,39). The van der Waals surface area contributed by atoms with E-state index in [1.165, 1.54) is 36.2 Å². The number of benzene rings is 3. The summed E-state index contributed by atoms with van der Waals surface area (Å²) >= 11 is 13.5. The van der Waals surface area contributed by atoms with Crippen molar-refractivity contribution in [2.75, 3.05) is 19.0 Å². The molecular weight excluding hydrogens is 695 g/mol. The van der Waals surface area contributed by atoms with Gasteiger partial charge in [0.2, 0.25) is 0 Å². The van der Waals surface area contributed by atoms with Gasteiger partial charge in [-0.3, -0.25) is 9.59 Å². The third-order valence-corrected chi connectivity index (χ3v) is 8.92. The van der Waals surface area contributed by atoms with Gasteiger partial charge in [0.15, 0.2) is 18.1 Å². The van der Waals surface area contributed by atoms with E-state index in [1.54, 1.807) is 18.2 Å². The van der Waals surface area contributed by atoms with Gasteiger partial charge in [-0.15, -0.1) is 0 Å². The largest absolute Gasteiger partial charge is 0.493 e. The van der Waals surface area contributed by atoms with Crippen molar-refractivity contribution >= 4 is 72.2 Å². The van der Waals surface area contributed by atoms with Gasteiger partial charge in [-0.25, -0.2) is 9.37 Å². The molecule has 12 heteroatoms. The van der Waals surface area contributed by atoms with Gasteiger partial charge in [0, 0.05) is 20.4 Å². The van der Waals surface area contributed by atoms with Crippen LogP contribution in [0.15, 0.2) is 67.4 Å². The first-order chi connectivity index (χ1) is 20.3. The van der Waals surface area contributed by atoms with Crippen LogP contribution in [0.5, 0.6) is 11.5 Å². The first-order valence-electron chi connectivity index (χ1n) is 13.3. The zero-order valence-electron chi connectivity index (χ0n) is 22.5. The predicted octanol–water partition coefficient (Wildman–Crippen LogP) is 7.67. The van der Waals surface area contributed by atoms with Crippen molar-refractivity contribution in [1.82, 2.24) is 9.66 Å². The number of rotatable bonds is 8. The Labute approximate surface area is 263 Å². The normalized spacial score (nSPS) is 13.9. The molecular formula is C30H26Br2ClFN4O4. The van der Waals surface area contributed by atoms with Crippen LogP contribution in [-0.2, 0) is 4.79 Å². The number of carbonyl (C=O) groups excluding carboxylic acids is 1. The minimum atomic E-state index is -0.579. The maximum Gasteiger partial charge on any atom is 0.282 e. The zero-order valence-corrected chi connectivity index (χ0v) is 26.4. The van der Waals surface area contributed by atoms with Gasteiger partial charge in [0.25, 0.3) is 11.5 Å². The molecule has 1 amide bonds. The molecule has 4 aromatic rings. The van der Waals surface area contributed by atoms with E-state index < -0.39 is 18.3 Å². The second-order valence-electron chi connectivity index (χ2n) is 9.77. The van der Waals surface area contributed by atoms with Crippen LogP contribution < -0.4 is 20.3 Å². The highest BCUT2D eigenvalue weighted by Gasteiger charge is 2.23. The van der Waals surface area contributed by atoms with Crippen LogP contribution in [0.1, 0.15) is 49.4 Å². The number of nitrogens with zero attached hydrogens (tertiary/aromatic N) is 3. The summed E-state index contributed by atoms with van der Waals surface area (Å²) in [5.74, 6) is -0.0453. The van der Waals surface area contributed by atoms with Crippen molar-refractivity contribution in [3.63, 3.8) is 0 Å². The van der Waals surface area contributed by atoms with E-state index in [-0.39, 0.29) is 33.7 Å². The average Bonchev–Trinajstić information content (AvgIpc) is 2.99. The number of hydrogen-bond donors (Lipinski definition) is 1. The van der Waals surface area contributed by atoms with Crippen LogP contribution in [0.2, 0.25) is 5.02 Å². The smallest absolute Gasteiger partial charge is 0.282 e. The van der Waals surface area contributed by atoms with E-state index in [1.807, 2.05) is 12.1 Å². The molecule has 8 nitrogen and oxygen atoms in total. The number of nitrogens with one attached hydrogen (secondary N) is 1. The molecule has 0 saturated heterocycles. The average molecular weight is 721 g/mol. The lowest BCUT2D eigenvalue weighted by Crippen LogP contribution is -2.25. The summed E-state index contributed by atoms with van der Waals surface area (Å²) in [6, 6.07) is 12.9. The number of para-hydroxylation sites is 1. The number of hydrogen-bond acceptors (Lipinski definition) is 6. The number of ether oxygens (including phenoxy) is 2. The molecule has 0 atom stereocenters. The van der Waals surface area contributed by atoms with Crippen LogP contribution in [0, 0.1) is 5.82 Å². The van der Waals surface area contributed by atoms with Crippen LogP contribution >= 0.6 is 43.5 Å². The van der Waals surface area contributed by atoms with Gasteiger partial charge in [-0.2, -0.15) is 9.78 Å². The molecule has 0 unspecified atom stereocenters. The van der Waals surface area contributed by atoms with Crippen LogP contribution in [-0.4, -0.2) is 35.5 Å². The van der Waals surface area contributed by atoms with Crippen molar-refractivity contribution in [3.05, 3.63) is 90.1 Å². The van der Waals surface area contributed by atoms with Crippen LogP contribution in [0.3, 0.4) is 0 Å². The molecule has 3 aromatic carbocycles. The minimum Gasteiger partial charge on any atom is -0.493 e. The lowest BCUT2D eigenvalue weighted by molar-refractivity contribution is -0.118. The third-order valence-electron chi connectivity index (χ3n) is 6.99. The minimum absolute atomic E-state index is 0.0373. The first-order valence-corrected chi connectivity index (χ1v) is 15.2. The third kappa shape index (κ3) is 6.53. The zero-order chi connectivity index (χ0) is 29.8. The van der Waals surface area contributed by atoms with Gasteiger partial charge >= 0.3 is 0 Å². The lowest BCUT2D eigenvalue weighted by Gasteiger charge is -2.22. The molecule has 5 rings (SSSR count). The quantitative estimate of drug-likeness (QED) is 0.189. The van der Waals surface area contributed by atoms with Crippen LogP contribution in [0.25, 0.3) is 10.9 Å². The van der Waals surface area contributed by atoms with E-state index in [0.29, 0.717) is 26.8 Å². The van der Waals surface area contributed by atoms with E-state index in [2.05, 4.69) is 42.3 Å². The number of methoxy groups -OCH3 is 1.